The monoisotopic (exact) mass is 215 g/mol. The van der Waals surface area contributed by atoms with Crippen LogP contribution in [0.3, 0.4) is 0 Å². The second-order valence-electron chi connectivity index (χ2n) is 4.19. The molecule has 0 saturated heterocycles. The molecule has 0 bridgehead atoms. The van der Waals surface area contributed by atoms with Crippen LogP contribution in [-0.4, -0.2) is 4.98 Å². The van der Waals surface area contributed by atoms with Crippen LogP contribution in [0.15, 0.2) is 18.3 Å². The molecule has 0 aliphatic heterocycles. The van der Waals surface area contributed by atoms with Crippen LogP contribution in [-0.2, 0) is 12.8 Å². The molecule has 0 saturated carbocycles. The summed E-state index contributed by atoms with van der Waals surface area (Å²) < 4.78 is 0. The third kappa shape index (κ3) is 1.40. The predicted molar refractivity (Wildman–Crippen MR) is 64.4 cm³/mol. The largest absolute Gasteiger partial charge is 0.261 e. The van der Waals surface area contributed by atoms with Crippen LogP contribution in [0.2, 0.25) is 0 Å². The van der Waals surface area contributed by atoms with E-state index in [4.69, 9.17) is 0 Å². The number of pyridine rings is 1. The maximum atomic E-state index is 4.41. The molecule has 2 aromatic heterocycles. The molecule has 0 N–H and O–H groups in total. The minimum absolute atomic E-state index is 1.13. The Labute approximate surface area is 93.8 Å². The van der Waals surface area contributed by atoms with Crippen molar-refractivity contribution in [1.82, 2.24) is 4.98 Å². The zero-order valence-corrected chi connectivity index (χ0v) is 9.82. The van der Waals surface area contributed by atoms with Crippen LogP contribution in [0.4, 0.5) is 0 Å². The summed E-state index contributed by atoms with van der Waals surface area (Å²) >= 11 is 1.90. The molecule has 1 nitrogen and oxygen atoms in total. The van der Waals surface area contributed by atoms with Gasteiger partial charge in [-0.25, -0.2) is 0 Å². The van der Waals surface area contributed by atoms with Gasteiger partial charge < -0.3 is 0 Å². The number of nitrogens with zero attached hydrogens (tertiary/aromatic N) is 1. The maximum Gasteiger partial charge on any atom is 0.0395 e. The van der Waals surface area contributed by atoms with Gasteiger partial charge in [-0.05, 0) is 49.9 Å². The van der Waals surface area contributed by atoms with Gasteiger partial charge in [0, 0.05) is 27.2 Å². The molecular formula is C13H13NS. The highest BCUT2D eigenvalue weighted by molar-refractivity contribution is 7.15. The van der Waals surface area contributed by atoms with E-state index in [1.54, 1.807) is 0 Å². The summed E-state index contributed by atoms with van der Waals surface area (Å²) in [6.45, 7) is 4.25. The normalized spacial score (nSPS) is 13.5. The molecule has 2 heteroatoms. The van der Waals surface area contributed by atoms with Crippen LogP contribution in [0, 0.1) is 13.8 Å². The van der Waals surface area contributed by atoms with Gasteiger partial charge in [-0.3, -0.25) is 4.98 Å². The highest BCUT2D eigenvalue weighted by Crippen LogP contribution is 2.38. The standard InChI is InChI=1S/C13H13NS/c1-8-5-10-3-4-11-6-9(2)15-13(11)12(10)7-14-8/h5-7H,3-4H2,1-2H3. The molecule has 2 heterocycles. The Kier molecular flexibility index (Phi) is 1.93. The first-order valence-corrected chi connectivity index (χ1v) is 6.11. The van der Waals surface area contributed by atoms with Crippen LogP contribution in [0.25, 0.3) is 10.4 Å². The van der Waals surface area contributed by atoms with Crippen molar-refractivity contribution >= 4 is 11.3 Å². The maximum absolute atomic E-state index is 4.41. The van der Waals surface area contributed by atoms with Crippen LogP contribution >= 0.6 is 11.3 Å². The second-order valence-corrected chi connectivity index (χ2v) is 5.45. The Morgan fingerprint density at radius 3 is 2.80 bits per heavy atom. The minimum atomic E-state index is 1.13. The molecule has 76 valence electrons. The first-order chi connectivity index (χ1) is 7.24. The van der Waals surface area contributed by atoms with Crippen molar-refractivity contribution in [2.75, 3.05) is 0 Å². The number of aromatic nitrogens is 1. The highest BCUT2D eigenvalue weighted by atomic mass is 32.1. The zero-order chi connectivity index (χ0) is 10.4. The van der Waals surface area contributed by atoms with Gasteiger partial charge in [0.1, 0.15) is 0 Å². The summed E-state index contributed by atoms with van der Waals surface area (Å²) in [5, 5.41) is 0. The fourth-order valence-corrected chi connectivity index (χ4v) is 3.39. The van der Waals surface area contributed by atoms with E-state index < -0.39 is 0 Å². The Morgan fingerprint density at radius 2 is 1.93 bits per heavy atom. The van der Waals surface area contributed by atoms with Gasteiger partial charge in [0.05, 0.1) is 0 Å². The quantitative estimate of drug-likeness (QED) is 0.655. The number of thiophene rings is 1. The van der Waals surface area contributed by atoms with E-state index in [-0.39, 0.29) is 0 Å². The van der Waals surface area contributed by atoms with E-state index in [2.05, 4.69) is 31.0 Å². The molecule has 3 rings (SSSR count). The van der Waals surface area contributed by atoms with Gasteiger partial charge in [-0.1, -0.05) is 0 Å². The number of fused-ring (bicyclic) bond motifs is 3. The van der Waals surface area contributed by atoms with Gasteiger partial charge in [0.2, 0.25) is 0 Å². The number of hydrogen-bond acceptors (Lipinski definition) is 2. The first-order valence-electron chi connectivity index (χ1n) is 5.29. The van der Waals surface area contributed by atoms with Crippen molar-refractivity contribution in [2.45, 2.75) is 26.7 Å². The van der Waals surface area contributed by atoms with Crippen LogP contribution < -0.4 is 0 Å². The summed E-state index contributed by atoms with van der Waals surface area (Å²) in [6, 6.07) is 4.55. The molecule has 15 heavy (non-hydrogen) atoms. The molecule has 0 fully saturated rings. The van der Waals surface area contributed by atoms with Crippen molar-refractivity contribution in [1.29, 1.82) is 0 Å². The van der Waals surface area contributed by atoms with Gasteiger partial charge in [0.25, 0.3) is 0 Å². The zero-order valence-electron chi connectivity index (χ0n) is 9.00. The fourth-order valence-electron chi connectivity index (χ4n) is 2.28. The topological polar surface area (TPSA) is 12.9 Å². The van der Waals surface area contributed by atoms with Crippen LogP contribution in [0.1, 0.15) is 21.7 Å². The molecule has 0 radical (unpaired) electrons. The summed E-state index contributed by atoms with van der Waals surface area (Å²) in [4.78, 5) is 7.26. The smallest absolute Gasteiger partial charge is 0.0395 e. The van der Waals surface area contributed by atoms with Crippen molar-refractivity contribution in [3.63, 3.8) is 0 Å². The summed E-state index contributed by atoms with van der Waals surface area (Å²) in [5.74, 6) is 0. The lowest BCUT2D eigenvalue weighted by Gasteiger charge is -2.15. The van der Waals surface area contributed by atoms with E-state index in [9.17, 15) is 0 Å². The van der Waals surface area contributed by atoms with E-state index >= 15 is 0 Å². The Balaban J connectivity index is 2.25. The van der Waals surface area contributed by atoms with E-state index in [1.165, 1.54) is 39.3 Å². The van der Waals surface area contributed by atoms with Crippen molar-refractivity contribution in [3.05, 3.63) is 40.0 Å². The molecule has 1 aliphatic carbocycles. The average molecular weight is 215 g/mol. The second kappa shape index (κ2) is 3.17. The molecule has 2 aromatic rings. The summed E-state index contributed by atoms with van der Waals surface area (Å²) in [7, 11) is 0. The lowest BCUT2D eigenvalue weighted by molar-refractivity contribution is 0.937. The first kappa shape index (κ1) is 9.10. The average Bonchev–Trinajstić information content (AvgIpc) is 2.58. The highest BCUT2D eigenvalue weighted by Gasteiger charge is 2.18. The minimum Gasteiger partial charge on any atom is -0.261 e. The third-order valence-electron chi connectivity index (χ3n) is 2.97. The molecular weight excluding hydrogens is 202 g/mol. The number of aryl methyl sites for hydroxylation is 4. The van der Waals surface area contributed by atoms with Gasteiger partial charge in [-0.2, -0.15) is 0 Å². The number of hydrogen-bond donors (Lipinski definition) is 0. The van der Waals surface area contributed by atoms with Crippen molar-refractivity contribution < 1.29 is 0 Å². The van der Waals surface area contributed by atoms with Gasteiger partial charge in [-0.15, -0.1) is 11.3 Å². The molecule has 1 aliphatic rings. The summed E-state index contributed by atoms with van der Waals surface area (Å²) in [5.41, 5.74) is 5.47. The Hall–Kier alpha value is -1.15. The lowest BCUT2D eigenvalue weighted by Crippen LogP contribution is -2.02. The molecule has 0 aromatic carbocycles. The van der Waals surface area contributed by atoms with Gasteiger partial charge >= 0.3 is 0 Å². The van der Waals surface area contributed by atoms with E-state index in [1.807, 2.05) is 17.5 Å². The molecule has 0 unspecified atom stereocenters. The Bertz CT molecular complexity index is 525. The van der Waals surface area contributed by atoms with Crippen LogP contribution in [0.5, 0.6) is 0 Å². The fraction of sp³-hybridized carbons (Fsp3) is 0.308. The van der Waals surface area contributed by atoms with Crippen molar-refractivity contribution in [2.24, 2.45) is 0 Å². The molecule has 0 spiro atoms. The van der Waals surface area contributed by atoms with E-state index in [0.29, 0.717) is 0 Å². The lowest BCUT2D eigenvalue weighted by atomic mass is 9.92. The Morgan fingerprint density at radius 1 is 1.13 bits per heavy atom. The molecule has 0 atom stereocenters. The summed E-state index contributed by atoms with van der Waals surface area (Å²) in [6.07, 6.45) is 4.40. The SMILES string of the molecule is Cc1cc2c(cn1)-c1sc(C)cc1CC2. The third-order valence-corrected chi connectivity index (χ3v) is 4.09. The number of rotatable bonds is 0. The predicted octanol–water partition coefficient (Wildman–Crippen LogP) is 3.53. The van der Waals surface area contributed by atoms with Gasteiger partial charge in [0.15, 0.2) is 0 Å². The van der Waals surface area contributed by atoms with E-state index in [0.717, 1.165) is 5.69 Å². The van der Waals surface area contributed by atoms with Crippen molar-refractivity contribution in [3.8, 4) is 10.4 Å². The molecule has 0 amide bonds.